The summed E-state index contributed by atoms with van der Waals surface area (Å²) < 4.78 is 5.64. The van der Waals surface area contributed by atoms with Crippen molar-refractivity contribution in [2.45, 2.75) is 19.8 Å². The highest BCUT2D eigenvalue weighted by Gasteiger charge is 2.03. The van der Waals surface area contributed by atoms with Crippen LogP contribution in [0.25, 0.3) is 0 Å². The summed E-state index contributed by atoms with van der Waals surface area (Å²) in [5, 5.41) is 6.36. The normalized spacial score (nSPS) is 11.0. The maximum Gasteiger partial charge on any atom is 0.243 e. The number of carbonyl (C=O) groups is 1. The zero-order valence-electron chi connectivity index (χ0n) is 14.3. The van der Waals surface area contributed by atoms with Crippen LogP contribution in [0, 0.1) is 0 Å². The summed E-state index contributed by atoms with van der Waals surface area (Å²) >= 11 is 0. The number of hydrogen-bond donors (Lipinski definition) is 2. The Kier molecular flexibility index (Phi) is 9.28. The summed E-state index contributed by atoms with van der Waals surface area (Å²) in [7, 11) is 3.45. The first kappa shape index (κ1) is 18.8. The van der Waals surface area contributed by atoms with Crippen LogP contribution in [0.2, 0.25) is 0 Å². The lowest BCUT2D eigenvalue weighted by Gasteiger charge is -2.12. The van der Waals surface area contributed by atoms with Crippen molar-refractivity contribution in [3.05, 3.63) is 30.3 Å². The molecule has 0 saturated heterocycles. The van der Waals surface area contributed by atoms with Crippen LogP contribution in [0.1, 0.15) is 19.8 Å². The van der Waals surface area contributed by atoms with E-state index >= 15 is 0 Å². The van der Waals surface area contributed by atoms with Gasteiger partial charge in [-0.05, 0) is 31.9 Å². The molecule has 0 bridgehead atoms. The van der Waals surface area contributed by atoms with Crippen molar-refractivity contribution < 1.29 is 9.53 Å². The maximum atomic E-state index is 11.5. The van der Waals surface area contributed by atoms with E-state index in [1.807, 2.05) is 37.3 Å². The number of amides is 1. The first-order valence-electron chi connectivity index (χ1n) is 8.03. The Hall–Kier alpha value is -2.24. The molecule has 0 heterocycles. The molecule has 0 fully saturated rings. The first-order valence-corrected chi connectivity index (χ1v) is 8.03. The second kappa shape index (κ2) is 11.3. The predicted octanol–water partition coefficient (Wildman–Crippen LogP) is 1.49. The molecule has 1 rings (SSSR count). The van der Waals surface area contributed by atoms with Gasteiger partial charge in [0.15, 0.2) is 5.96 Å². The van der Waals surface area contributed by atoms with Crippen molar-refractivity contribution in [1.82, 2.24) is 15.5 Å². The number of aliphatic imine (C=N–C) groups is 1. The standard InChI is InChI=1S/C17H28N4O2/c1-4-18-17(20-14-16(22)21(2)3)19-12-8-9-13-23-15-10-6-5-7-11-15/h5-7,10-11H,4,8-9,12-14H2,1-3H3,(H2,18,19,20). The first-order chi connectivity index (χ1) is 11.1. The van der Waals surface area contributed by atoms with Gasteiger partial charge in [-0.3, -0.25) is 4.79 Å². The Balaban J connectivity index is 2.19. The molecule has 0 atom stereocenters. The molecule has 0 aliphatic heterocycles. The second-order valence-electron chi connectivity index (χ2n) is 5.28. The topological polar surface area (TPSA) is 66.0 Å². The predicted molar refractivity (Wildman–Crippen MR) is 93.8 cm³/mol. The summed E-state index contributed by atoms with van der Waals surface area (Å²) in [6.07, 6.45) is 1.93. The third-order valence-corrected chi connectivity index (χ3v) is 3.09. The van der Waals surface area contributed by atoms with Gasteiger partial charge >= 0.3 is 0 Å². The van der Waals surface area contributed by atoms with Gasteiger partial charge in [0.25, 0.3) is 0 Å². The Bertz CT molecular complexity index is 475. The van der Waals surface area contributed by atoms with Crippen LogP contribution in [-0.4, -0.2) is 57.1 Å². The fourth-order valence-corrected chi connectivity index (χ4v) is 1.77. The lowest BCUT2D eigenvalue weighted by molar-refractivity contribution is -0.127. The van der Waals surface area contributed by atoms with Crippen LogP contribution in [0.5, 0.6) is 5.75 Å². The largest absolute Gasteiger partial charge is 0.494 e. The Morgan fingerprint density at radius 1 is 1.17 bits per heavy atom. The second-order valence-corrected chi connectivity index (χ2v) is 5.28. The molecule has 2 N–H and O–H groups in total. The van der Waals surface area contributed by atoms with Gasteiger partial charge in [0.1, 0.15) is 12.3 Å². The summed E-state index contributed by atoms with van der Waals surface area (Å²) in [6.45, 7) is 4.40. The van der Waals surface area contributed by atoms with Crippen LogP contribution >= 0.6 is 0 Å². The van der Waals surface area contributed by atoms with Crippen molar-refractivity contribution in [2.75, 3.05) is 40.3 Å². The minimum atomic E-state index is -0.0153. The molecule has 0 aromatic heterocycles. The van der Waals surface area contributed by atoms with Gasteiger partial charge in [0, 0.05) is 27.2 Å². The van der Waals surface area contributed by atoms with Crippen molar-refractivity contribution in [3.8, 4) is 5.75 Å². The fourth-order valence-electron chi connectivity index (χ4n) is 1.77. The number of nitrogens with zero attached hydrogens (tertiary/aromatic N) is 2. The molecule has 0 radical (unpaired) electrons. The molecule has 1 amide bonds. The van der Waals surface area contributed by atoms with E-state index < -0.39 is 0 Å². The lowest BCUT2D eigenvalue weighted by Crippen LogP contribution is -2.38. The number of para-hydroxylation sites is 1. The van der Waals surface area contributed by atoms with E-state index in [1.165, 1.54) is 4.90 Å². The van der Waals surface area contributed by atoms with Gasteiger partial charge in [0.05, 0.1) is 6.61 Å². The third-order valence-electron chi connectivity index (χ3n) is 3.09. The highest BCUT2D eigenvalue weighted by Crippen LogP contribution is 2.08. The van der Waals surface area contributed by atoms with Gasteiger partial charge in [-0.15, -0.1) is 0 Å². The van der Waals surface area contributed by atoms with Crippen molar-refractivity contribution in [1.29, 1.82) is 0 Å². The number of unbranched alkanes of at least 4 members (excludes halogenated alkanes) is 1. The van der Waals surface area contributed by atoms with E-state index in [4.69, 9.17) is 4.74 Å². The highest BCUT2D eigenvalue weighted by molar-refractivity contribution is 5.84. The van der Waals surface area contributed by atoms with E-state index in [0.29, 0.717) is 12.6 Å². The molecular weight excluding hydrogens is 292 g/mol. The Morgan fingerprint density at radius 2 is 1.91 bits per heavy atom. The summed E-state index contributed by atoms with van der Waals surface area (Å²) in [5.74, 6) is 1.56. The molecule has 0 aliphatic rings. The number of guanidine groups is 1. The molecule has 0 unspecified atom stereocenters. The Morgan fingerprint density at radius 3 is 2.57 bits per heavy atom. The average Bonchev–Trinajstić information content (AvgIpc) is 2.56. The number of hydrogen-bond acceptors (Lipinski definition) is 3. The summed E-state index contributed by atoms with van der Waals surface area (Å²) in [5.41, 5.74) is 0. The van der Waals surface area contributed by atoms with Crippen LogP contribution < -0.4 is 15.4 Å². The highest BCUT2D eigenvalue weighted by atomic mass is 16.5. The molecule has 1 aromatic carbocycles. The van der Waals surface area contributed by atoms with E-state index in [2.05, 4.69) is 15.6 Å². The number of ether oxygens (including phenoxy) is 1. The number of benzene rings is 1. The molecule has 23 heavy (non-hydrogen) atoms. The monoisotopic (exact) mass is 320 g/mol. The van der Waals surface area contributed by atoms with Gasteiger partial charge < -0.3 is 20.3 Å². The van der Waals surface area contributed by atoms with Gasteiger partial charge in [0.2, 0.25) is 5.91 Å². The zero-order chi connectivity index (χ0) is 16.9. The molecule has 0 spiro atoms. The van der Waals surface area contributed by atoms with Crippen LogP contribution in [0.15, 0.2) is 35.3 Å². The van der Waals surface area contributed by atoms with Crippen molar-refractivity contribution in [2.24, 2.45) is 4.99 Å². The third kappa shape index (κ3) is 8.70. The number of likely N-dealkylation sites (N-methyl/N-ethyl adjacent to an activating group) is 1. The van der Waals surface area contributed by atoms with Crippen molar-refractivity contribution >= 4 is 11.9 Å². The molecule has 1 aromatic rings. The van der Waals surface area contributed by atoms with Gasteiger partial charge in [-0.2, -0.15) is 0 Å². The molecule has 128 valence electrons. The SMILES string of the molecule is CCNC(=NCC(=O)N(C)C)NCCCCOc1ccccc1. The Labute approximate surface area is 138 Å². The molecule has 0 aliphatic carbocycles. The van der Waals surface area contributed by atoms with Gasteiger partial charge in [-0.1, -0.05) is 18.2 Å². The maximum absolute atomic E-state index is 11.5. The lowest BCUT2D eigenvalue weighted by atomic mass is 10.3. The number of nitrogens with one attached hydrogen (secondary N) is 2. The fraction of sp³-hybridized carbons (Fsp3) is 0.529. The van der Waals surface area contributed by atoms with Crippen LogP contribution in [0.4, 0.5) is 0 Å². The number of rotatable bonds is 9. The summed E-state index contributed by atoms with van der Waals surface area (Å²) in [4.78, 5) is 17.4. The molecule has 6 heteroatoms. The van der Waals surface area contributed by atoms with E-state index in [9.17, 15) is 4.79 Å². The smallest absolute Gasteiger partial charge is 0.243 e. The van der Waals surface area contributed by atoms with E-state index in [-0.39, 0.29) is 12.5 Å². The zero-order valence-corrected chi connectivity index (χ0v) is 14.3. The van der Waals surface area contributed by atoms with Crippen molar-refractivity contribution in [3.63, 3.8) is 0 Å². The van der Waals surface area contributed by atoms with E-state index in [1.54, 1.807) is 14.1 Å². The molecule has 6 nitrogen and oxygen atoms in total. The molecule has 0 saturated carbocycles. The van der Waals surface area contributed by atoms with Crippen LogP contribution in [0.3, 0.4) is 0 Å². The average molecular weight is 320 g/mol. The minimum Gasteiger partial charge on any atom is -0.494 e. The van der Waals surface area contributed by atoms with Gasteiger partial charge in [-0.25, -0.2) is 4.99 Å². The summed E-state index contributed by atoms with van der Waals surface area (Å²) in [6, 6.07) is 9.81. The molecular formula is C17H28N4O2. The van der Waals surface area contributed by atoms with E-state index in [0.717, 1.165) is 31.7 Å². The quantitative estimate of drug-likeness (QED) is 0.411. The number of carbonyl (C=O) groups excluding carboxylic acids is 1. The van der Waals surface area contributed by atoms with Crippen LogP contribution in [-0.2, 0) is 4.79 Å². The minimum absolute atomic E-state index is 0.0153.